The Labute approximate surface area is 94.0 Å². The molecule has 2 rings (SSSR count). The molecule has 1 heteroatoms. The van der Waals surface area contributed by atoms with Crippen molar-refractivity contribution in [3.05, 3.63) is 0 Å². The van der Waals surface area contributed by atoms with Crippen LogP contribution in [0, 0.1) is 23.7 Å². The van der Waals surface area contributed by atoms with Crippen molar-refractivity contribution in [1.29, 1.82) is 0 Å². The van der Waals surface area contributed by atoms with E-state index in [0.717, 1.165) is 24.3 Å². The third-order valence-corrected chi connectivity index (χ3v) is 3.85. The average molecular weight is 205 g/mol. The highest BCUT2D eigenvalue weighted by Gasteiger charge is 2.27. The summed E-state index contributed by atoms with van der Waals surface area (Å²) in [6.07, 6.45) is 9.65. The van der Waals surface area contributed by atoms with Crippen molar-refractivity contribution in [3.8, 4) is 11.8 Å². The second-order valence-electron chi connectivity index (χ2n) is 5.12. The van der Waals surface area contributed by atoms with Crippen LogP contribution in [-0.2, 0) is 0 Å². The smallest absolute Gasteiger partial charge is 0.0120 e. The Kier molecular flexibility index (Phi) is 4.09. The monoisotopic (exact) mass is 205 g/mol. The molecule has 15 heavy (non-hydrogen) atoms. The van der Waals surface area contributed by atoms with Gasteiger partial charge in [0.15, 0.2) is 0 Å². The molecular weight excluding hydrogens is 182 g/mol. The van der Waals surface area contributed by atoms with Gasteiger partial charge in [0, 0.05) is 12.5 Å². The van der Waals surface area contributed by atoms with Gasteiger partial charge < -0.3 is 5.32 Å². The van der Waals surface area contributed by atoms with Crippen LogP contribution in [0.3, 0.4) is 0 Å². The number of hydrogen-bond donors (Lipinski definition) is 1. The van der Waals surface area contributed by atoms with E-state index >= 15 is 0 Å². The van der Waals surface area contributed by atoms with Crippen molar-refractivity contribution in [2.45, 2.75) is 57.9 Å². The van der Waals surface area contributed by atoms with Gasteiger partial charge in [-0.3, -0.25) is 0 Å². The van der Waals surface area contributed by atoms with Gasteiger partial charge in [-0.2, -0.15) is 0 Å². The summed E-state index contributed by atoms with van der Waals surface area (Å²) in [6, 6.07) is 0.866. The molecule has 0 bridgehead atoms. The lowest BCUT2D eigenvalue weighted by molar-refractivity contribution is 0.233. The highest BCUT2D eigenvalue weighted by molar-refractivity contribution is 4.98. The van der Waals surface area contributed by atoms with Gasteiger partial charge in [0.1, 0.15) is 0 Å². The van der Waals surface area contributed by atoms with Crippen LogP contribution in [0.25, 0.3) is 0 Å². The van der Waals surface area contributed by atoms with Crippen LogP contribution in [0.4, 0.5) is 0 Å². The first kappa shape index (κ1) is 11.0. The zero-order valence-corrected chi connectivity index (χ0v) is 9.89. The molecule has 1 nitrogen and oxygen atoms in total. The zero-order valence-electron chi connectivity index (χ0n) is 9.89. The summed E-state index contributed by atoms with van der Waals surface area (Å²) in [6.45, 7) is 3.21. The average Bonchev–Trinajstić information content (AvgIpc) is 3.08. The SMILES string of the molecule is CC#CCC1CCCCC1CNC1CC1. The molecular formula is C14H23N. The Bertz CT molecular complexity index is 244. The first-order valence-corrected chi connectivity index (χ1v) is 6.53. The van der Waals surface area contributed by atoms with E-state index < -0.39 is 0 Å². The van der Waals surface area contributed by atoms with E-state index in [1.165, 1.54) is 45.1 Å². The molecule has 1 N–H and O–H groups in total. The zero-order chi connectivity index (χ0) is 10.5. The molecule has 0 spiro atoms. The lowest BCUT2D eigenvalue weighted by atomic mass is 9.77. The van der Waals surface area contributed by atoms with Crippen LogP contribution in [-0.4, -0.2) is 12.6 Å². The summed E-state index contributed by atoms with van der Waals surface area (Å²) in [7, 11) is 0. The van der Waals surface area contributed by atoms with E-state index in [1.54, 1.807) is 0 Å². The van der Waals surface area contributed by atoms with E-state index in [2.05, 4.69) is 17.2 Å². The van der Waals surface area contributed by atoms with E-state index in [-0.39, 0.29) is 0 Å². The fourth-order valence-electron chi connectivity index (χ4n) is 2.66. The third kappa shape index (κ3) is 3.54. The minimum Gasteiger partial charge on any atom is -0.314 e. The maximum Gasteiger partial charge on any atom is 0.0120 e. The summed E-state index contributed by atoms with van der Waals surface area (Å²) in [5.41, 5.74) is 0. The van der Waals surface area contributed by atoms with Crippen LogP contribution in [0.5, 0.6) is 0 Å². The molecule has 0 aromatic rings. The maximum absolute atomic E-state index is 3.68. The molecule has 0 saturated heterocycles. The largest absolute Gasteiger partial charge is 0.314 e. The molecule has 2 aliphatic rings. The van der Waals surface area contributed by atoms with Gasteiger partial charge in [0.05, 0.1) is 0 Å². The minimum atomic E-state index is 0.866. The van der Waals surface area contributed by atoms with Crippen LogP contribution < -0.4 is 5.32 Å². The van der Waals surface area contributed by atoms with E-state index in [0.29, 0.717) is 0 Å². The number of hydrogen-bond acceptors (Lipinski definition) is 1. The van der Waals surface area contributed by atoms with Gasteiger partial charge >= 0.3 is 0 Å². The molecule has 2 unspecified atom stereocenters. The van der Waals surface area contributed by atoms with Gasteiger partial charge in [-0.15, -0.1) is 11.8 Å². The Hall–Kier alpha value is -0.480. The van der Waals surface area contributed by atoms with E-state index in [1.807, 2.05) is 6.92 Å². The lowest BCUT2D eigenvalue weighted by Crippen LogP contribution is -2.31. The van der Waals surface area contributed by atoms with Crippen LogP contribution >= 0.6 is 0 Å². The molecule has 0 aromatic carbocycles. The predicted octanol–water partition coefficient (Wildman–Crippen LogP) is 2.96. The molecule has 2 saturated carbocycles. The fourth-order valence-corrected chi connectivity index (χ4v) is 2.66. The highest BCUT2D eigenvalue weighted by atomic mass is 14.9. The molecule has 0 aromatic heterocycles. The van der Waals surface area contributed by atoms with Gasteiger partial charge in [-0.05, 0) is 51.0 Å². The van der Waals surface area contributed by atoms with Crippen molar-refractivity contribution in [2.75, 3.05) is 6.54 Å². The van der Waals surface area contributed by atoms with E-state index in [9.17, 15) is 0 Å². The molecule has 2 atom stereocenters. The van der Waals surface area contributed by atoms with Crippen LogP contribution in [0.2, 0.25) is 0 Å². The Balaban J connectivity index is 1.77. The fraction of sp³-hybridized carbons (Fsp3) is 0.857. The second kappa shape index (κ2) is 5.56. The topological polar surface area (TPSA) is 12.0 Å². The summed E-state index contributed by atoms with van der Waals surface area (Å²) in [4.78, 5) is 0. The van der Waals surface area contributed by atoms with Crippen molar-refractivity contribution in [1.82, 2.24) is 5.32 Å². The van der Waals surface area contributed by atoms with Crippen molar-refractivity contribution < 1.29 is 0 Å². The first-order valence-electron chi connectivity index (χ1n) is 6.53. The Morgan fingerprint density at radius 1 is 1.07 bits per heavy atom. The van der Waals surface area contributed by atoms with Crippen LogP contribution in [0.15, 0.2) is 0 Å². The minimum absolute atomic E-state index is 0.866. The van der Waals surface area contributed by atoms with Crippen LogP contribution in [0.1, 0.15) is 51.9 Å². The number of nitrogens with one attached hydrogen (secondary N) is 1. The molecule has 2 fully saturated rings. The molecule has 0 amide bonds. The molecule has 84 valence electrons. The standard InChI is InChI=1S/C14H23N/c1-2-3-6-12-7-4-5-8-13(12)11-15-14-9-10-14/h12-15H,4-11H2,1H3. The van der Waals surface area contributed by atoms with Gasteiger partial charge in [-0.25, -0.2) is 0 Å². The Morgan fingerprint density at radius 2 is 1.80 bits per heavy atom. The van der Waals surface area contributed by atoms with E-state index in [4.69, 9.17) is 0 Å². The highest BCUT2D eigenvalue weighted by Crippen LogP contribution is 2.32. The lowest BCUT2D eigenvalue weighted by Gasteiger charge is -2.30. The summed E-state index contributed by atoms with van der Waals surface area (Å²) >= 11 is 0. The predicted molar refractivity (Wildman–Crippen MR) is 64.5 cm³/mol. The summed E-state index contributed by atoms with van der Waals surface area (Å²) < 4.78 is 0. The first-order chi connectivity index (χ1) is 7.40. The molecule has 0 aliphatic heterocycles. The number of rotatable bonds is 4. The van der Waals surface area contributed by atoms with Crippen molar-refractivity contribution in [2.24, 2.45) is 11.8 Å². The third-order valence-electron chi connectivity index (χ3n) is 3.85. The van der Waals surface area contributed by atoms with Gasteiger partial charge in [0.2, 0.25) is 0 Å². The van der Waals surface area contributed by atoms with Gasteiger partial charge in [0.25, 0.3) is 0 Å². The maximum atomic E-state index is 3.68. The molecule has 0 heterocycles. The molecule has 2 aliphatic carbocycles. The second-order valence-corrected chi connectivity index (χ2v) is 5.12. The summed E-state index contributed by atoms with van der Waals surface area (Å²) in [5, 5.41) is 3.68. The molecule has 0 radical (unpaired) electrons. The summed E-state index contributed by atoms with van der Waals surface area (Å²) in [5.74, 6) is 8.09. The normalized spacial score (nSPS) is 30.7. The van der Waals surface area contributed by atoms with Gasteiger partial charge in [-0.1, -0.05) is 12.8 Å². The van der Waals surface area contributed by atoms with Crippen molar-refractivity contribution >= 4 is 0 Å². The quantitative estimate of drug-likeness (QED) is 0.696. The van der Waals surface area contributed by atoms with Crippen molar-refractivity contribution in [3.63, 3.8) is 0 Å². The Morgan fingerprint density at radius 3 is 2.47 bits per heavy atom.